The Bertz CT molecular complexity index is 554. The second-order valence-corrected chi connectivity index (χ2v) is 4.66. The first kappa shape index (κ1) is 13.7. The standard InChI is InChI=1S/C16H16F2O/c1-2-16(19,13-6-4-3-5-7-13)11-12-8-9-14(17)10-15(12)18/h3-10,19H,2,11H2,1H3. The lowest BCUT2D eigenvalue weighted by atomic mass is 9.85. The highest BCUT2D eigenvalue weighted by Crippen LogP contribution is 2.30. The second-order valence-electron chi connectivity index (χ2n) is 4.66. The van der Waals surface area contributed by atoms with Crippen molar-refractivity contribution < 1.29 is 13.9 Å². The monoisotopic (exact) mass is 262 g/mol. The predicted molar refractivity (Wildman–Crippen MR) is 70.7 cm³/mol. The van der Waals surface area contributed by atoms with Crippen LogP contribution in [-0.2, 0) is 12.0 Å². The molecule has 2 aromatic rings. The normalized spacial score (nSPS) is 14.1. The first-order chi connectivity index (χ1) is 9.05. The number of hydrogen-bond acceptors (Lipinski definition) is 1. The summed E-state index contributed by atoms with van der Waals surface area (Å²) in [5, 5.41) is 10.7. The van der Waals surface area contributed by atoms with Crippen LogP contribution in [0.1, 0.15) is 24.5 Å². The van der Waals surface area contributed by atoms with Gasteiger partial charge in [0.15, 0.2) is 0 Å². The van der Waals surface area contributed by atoms with E-state index in [9.17, 15) is 13.9 Å². The van der Waals surface area contributed by atoms with Crippen LogP contribution in [0, 0.1) is 11.6 Å². The average Bonchev–Trinajstić information content (AvgIpc) is 2.43. The Morgan fingerprint density at radius 3 is 2.32 bits per heavy atom. The van der Waals surface area contributed by atoms with Crippen LogP contribution in [-0.4, -0.2) is 5.11 Å². The Morgan fingerprint density at radius 2 is 1.74 bits per heavy atom. The van der Waals surface area contributed by atoms with Gasteiger partial charge in [0.05, 0.1) is 5.60 Å². The summed E-state index contributed by atoms with van der Waals surface area (Å²) >= 11 is 0. The molecule has 19 heavy (non-hydrogen) atoms. The summed E-state index contributed by atoms with van der Waals surface area (Å²) < 4.78 is 26.6. The third-order valence-corrected chi connectivity index (χ3v) is 3.39. The summed E-state index contributed by atoms with van der Waals surface area (Å²) in [6.45, 7) is 1.84. The van der Waals surface area contributed by atoms with Gasteiger partial charge in [-0.1, -0.05) is 43.3 Å². The molecule has 0 saturated carbocycles. The molecular formula is C16H16F2O. The summed E-state index contributed by atoms with van der Waals surface area (Å²) in [6, 6.07) is 12.6. The molecule has 3 heteroatoms. The van der Waals surface area contributed by atoms with Crippen LogP contribution in [0.4, 0.5) is 8.78 Å². The lowest BCUT2D eigenvalue weighted by Gasteiger charge is -2.27. The van der Waals surface area contributed by atoms with Crippen LogP contribution < -0.4 is 0 Å². The minimum atomic E-state index is -1.14. The van der Waals surface area contributed by atoms with E-state index < -0.39 is 17.2 Å². The Balaban J connectivity index is 2.33. The summed E-state index contributed by atoms with van der Waals surface area (Å²) in [4.78, 5) is 0. The number of rotatable bonds is 4. The van der Waals surface area contributed by atoms with Gasteiger partial charge < -0.3 is 5.11 Å². The van der Waals surface area contributed by atoms with E-state index in [0.717, 1.165) is 11.6 Å². The molecule has 1 N–H and O–H groups in total. The van der Waals surface area contributed by atoms with E-state index in [1.165, 1.54) is 12.1 Å². The van der Waals surface area contributed by atoms with E-state index in [-0.39, 0.29) is 6.42 Å². The quantitative estimate of drug-likeness (QED) is 0.888. The van der Waals surface area contributed by atoms with E-state index in [0.29, 0.717) is 12.0 Å². The minimum absolute atomic E-state index is 0.125. The summed E-state index contributed by atoms with van der Waals surface area (Å²) in [6.07, 6.45) is 0.577. The Hall–Kier alpha value is -1.74. The molecular weight excluding hydrogens is 246 g/mol. The molecule has 0 fully saturated rings. The van der Waals surface area contributed by atoms with Crippen molar-refractivity contribution in [3.63, 3.8) is 0 Å². The van der Waals surface area contributed by atoms with Crippen molar-refractivity contribution >= 4 is 0 Å². The van der Waals surface area contributed by atoms with Crippen LogP contribution in [0.2, 0.25) is 0 Å². The van der Waals surface area contributed by atoms with Crippen LogP contribution in [0.25, 0.3) is 0 Å². The smallest absolute Gasteiger partial charge is 0.129 e. The Labute approximate surface area is 111 Å². The van der Waals surface area contributed by atoms with Gasteiger partial charge in [0.2, 0.25) is 0 Å². The molecule has 0 aliphatic carbocycles. The molecule has 2 aromatic carbocycles. The molecule has 0 amide bonds. The van der Waals surface area contributed by atoms with Gasteiger partial charge in [0.1, 0.15) is 11.6 Å². The van der Waals surface area contributed by atoms with Gasteiger partial charge in [0, 0.05) is 12.5 Å². The third-order valence-electron chi connectivity index (χ3n) is 3.39. The van der Waals surface area contributed by atoms with Crippen molar-refractivity contribution in [3.8, 4) is 0 Å². The summed E-state index contributed by atoms with van der Waals surface area (Å²) in [5.41, 5.74) is -0.0873. The van der Waals surface area contributed by atoms with E-state index in [2.05, 4.69) is 0 Å². The fourth-order valence-electron chi connectivity index (χ4n) is 2.16. The minimum Gasteiger partial charge on any atom is -0.385 e. The van der Waals surface area contributed by atoms with Gasteiger partial charge in [-0.2, -0.15) is 0 Å². The van der Waals surface area contributed by atoms with Gasteiger partial charge in [-0.3, -0.25) is 0 Å². The van der Waals surface area contributed by atoms with E-state index in [1.54, 1.807) is 0 Å². The maximum atomic E-state index is 13.7. The maximum absolute atomic E-state index is 13.7. The molecule has 0 aromatic heterocycles. The van der Waals surface area contributed by atoms with Gasteiger partial charge in [-0.15, -0.1) is 0 Å². The van der Waals surface area contributed by atoms with Crippen LogP contribution in [0.5, 0.6) is 0 Å². The van der Waals surface area contributed by atoms with E-state index in [1.807, 2.05) is 37.3 Å². The highest BCUT2D eigenvalue weighted by molar-refractivity contribution is 5.27. The van der Waals surface area contributed by atoms with Crippen molar-refractivity contribution in [1.82, 2.24) is 0 Å². The fourth-order valence-corrected chi connectivity index (χ4v) is 2.16. The topological polar surface area (TPSA) is 20.2 Å². The Kier molecular flexibility index (Phi) is 3.96. The number of halogens is 2. The molecule has 0 spiro atoms. The van der Waals surface area contributed by atoms with Crippen molar-refractivity contribution in [2.24, 2.45) is 0 Å². The summed E-state index contributed by atoms with van der Waals surface area (Å²) in [7, 11) is 0. The predicted octanol–water partition coefficient (Wildman–Crippen LogP) is 3.81. The van der Waals surface area contributed by atoms with Crippen LogP contribution >= 0.6 is 0 Å². The molecule has 0 bridgehead atoms. The highest BCUT2D eigenvalue weighted by atomic mass is 19.1. The molecule has 0 radical (unpaired) electrons. The Morgan fingerprint density at radius 1 is 1.05 bits per heavy atom. The zero-order valence-electron chi connectivity index (χ0n) is 10.7. The molecule has 0 saturated heterocycles. The number of benzene rings is 2. The first-order valence-electron chi connectivity index (χ1n) is 6.27. The maximum Gasteiger partial charge on any atom is 0.129 e. The average molecular weight is 262 g/mol. The van der Waals surface area contributed by atoms with Gasteiger partial charge >= 0.3 is 0 Å². The molecule has 0 aliphatic rings. The number of aliphatic hydroxyl groups is 1. The largest absolute Gasteiger partial charge is 0.385 e. The van der Waals surface area contributed by atoms with Gasteiger partial charge in [-0.05, 0) is 23.6 Å². The second kappa shape index (κ2) is 5.49. The molecule has 1 nitrogen and oxygen atoms in total. The highest BCUT2D eigenvalue weighted by Gasteiger charge is 2.28. The van der Waals surface area contributed by atoms with E-state index in [4.69, 9.17) is 0 Å². The number of hydrogen-bond donors (Lipinski definition) is 1. The molecule has 0 heterocycles. The van der Waals surface area contributed by atoms with Crippen molar-refractivity contribution in [1.29, 1.82) is 0 Å². The van der Waals surface area contributed by atoms with Crippen molar-refractivity contribution in [2.75, 3.05) is 0 Å². The fraction of sp³-hybridized carbons (Fsp3) is 0.250. The lowest BCUT2D eigenvalue weighted by Crippen LogP contribution is -2.28. The lowest BCUT2D eigenvalue weighted by molar-refractivity contribution is 0.0318. The SMILES string of the molecule is CCC(O)(Cc1ccc(F)cc1F)c1ccccc1. The zero-order chi connectivity index (χ0) is 13.9. The molecule has 1 atom stereocenters. The summed E-state index contributed by atoms with van der Waals surface area (Å²) in [5.74, 6) is -1.23. The van der Waals surface area contributed by atoms with E-state index >= 15 is 0 Å². The molecule has 1 unspecified atom stereocenters. The van der Waals surface area contributed by atoms with Gasteiger partial charge in [-0.25, -0.2) is 8.78 Å². The van der Waals surface area contributed by atoms with Crippen molar-refractivity contribution in [2.45, 2.75) is 25.4 Å². The third kappa shape index (κ3) is 2.99. The first-order valence-corrected chi connectivity index (χ1v) is 6.27. The van der Waals surface area contributed by atoms with Crippen LogP contribution in [0.15, 0.2) is 48.5 Å². The zero-order valence-corrected chi connectivity index (χ0v) is 10.7. The van der Waals surface area contributed by atoms with Gasteiger partial charge in [0.25, 0.3) is 0 Å². The molecule has 0 aliphatic heterocycles. The molecule has 100 valence electrons. The van der Waals surface area contributed by atoms with Crippen molar-refractivity contribution in [3.05, 3.63) is 71.3 Å². The molecule has 2 rings (SSSR count). The van der Waals surface area contributed by atoms with Crippen LogP contribution in [0.3, 0.4) is 0 Å².